The van der Waals surface area contributed by atoms with Gasteiger partial charge in [-0.3, -0.25) is 0 Å². The normalized spacial score (nSPS) is 28.4. The van der Waals surface area contributed by atoms with Gasteiger partial charge in [-0.1, -0.05) is 39.5 Å². The van der Waals surface area contributed by atoms with Gasteiger partial charge in [0.05, 0.1) is 6.61 Å². The number of unbranched alkanes of at least 4 members (excludes halogenated alkanes) is 4. The summed E-state index contributed by atoms with van der Waals surface area (Å²) in [6.45, 7) is 6.31. The summed E-state index contributed by atoms with van der Waals surface area (Å²) in [5.74, 6) is 0. The third-order valence-electron chi connectivity index (χ3n) is 3.95. The summed E-state index contributed by atoms with van der Waals surface area (Å²) >= 11 is 0. The van der Waals surface area contributed by atoms with Crippen molar-refractivity contribution in [3.63, 3.8) is 0 Å². The van der Waals surface area contributed by atoms with Crippen LogP contribution in [0.3, 0.4) is 0 Å². The predicted octanol–water partition coefficient (Wildman–Crippen LogP) is 3.15. The van der Waals surface area contributed by atoms with E-state index in [1.807, 2.05) is 0 Å². The highest BCUT2D eigenvalue weighted by atomic mass is 16.7. The van der Waals surface area contributed by atoms with Gasteiger partial charge >= 0.3 is 0 Å². The molecular weight excluding hydrogens is 284 g/mol. The van der Waals surface area contributed by atoms with Gasteiger partial charge in [-0.05, 0) is 12.8 Å². The molecule has 1 heterocycles. The molecule has 1 aliphatic heterocycles. The van der Waals surface area contributed by atoms with Crippen molar-refractivity contribution < 1.29 is 23.7 Å². The van der Waals surface area contributed by atoms with Crippen molar-refractivity contribution in [1.29, 1.82) is 0 Å². The number of hydrogen-bond donors (Lipinski definition) is 0. The van der Waals surface area contributed by atoms with Gasteiger partial charge in [-0.15, -0.1) is 0 Å². The fourth-order valence-electron chi connectivity index (χ4n) is 2.70. The van der Waals surface area contributed by atoms with Crippen molar-refractivity contribution in [2.45, 2.75) is 77.0 Å². The highest BCUT2D eigenvalue weighted by Gasteiger charge is 2.46. The number of rotatable bonds is 13. The Kier molecular flexibility index (Phi) is 11.1. The first-order valence-corrected chi connectivity index (χ1v) is 8.68. The molecule has 0 saturated carbocycles. The largest absolute Gasteiger partial charge is 0.382 e. The van der Waals surface area contributed by atoms with Crippen LogP contribution in [0, 0.1) is 0 Å². The molecule has 22 heavy (non-hydrogen) atoms. The Balaban J connectivity index is 2.54. The topological polar surface area (TPSA) is 46.2 Å². The Bertz CT molecular complexity index is 261. The third-order valence-corrected chi connectivity index (χ3v) is 3.95. The fraction of sp³-hybridized carbons (Fsp3) is 1.00. The predicted molar refractivity (Wildman–Crippen MR) is 86.1 cm³/mol. The standard InChI is InChI=1S/C17H34O5/c1-5-7-9-11-20-15-14(13-18-3)22-17(19-4)16(15)21-12-10-8-6-2/h14-17H,5-13H2,1-4H3. The van der Waals surface area contributed by atoms with Gasteiger partial charge in [0.15, 0.2) is 6.29 Å². The molecule has 1 saturated heterocycles. The minimum Gasteiger partial charge on any atom is -0.382 e. The summed E-state index contributed by atoms with van der Waals surface area (Å²) in [5, 5.41) is 0. The first kappa shape index (κ1) is 19.8. The lowest BCUT2D eigenvalue weighted by Gasteiger charge is -2.24. The number of methoxy groups -OCH3 is 2. The van der Waals surface area contributed by atoms with Gasteiger partial charge in [0, 0.05) is 27.4 Å². The molecule has 4 unspecified atom stereocenters. The van der Waals surface area contributed by atoms with E-state index >= 15 is 0 Å². The van der Waals surface area contributed by atoms with Crippen LogP contribution >= 0.6 is 0 Å². The quantitative estimate of drug-likeness (QED) is 0.488. The minimum absolute atomic E-state index is 0.122. The average molecular weight is 318 g/mol. The summed E-state index contributed by atoms with van der Waals surface area (Å²) in [4.78, 5) is 0. The Morgan fingerprint density at radius 1 is 0.818 bits per heavy atom. The van der Waals surface area contributed by atoms with Crippen LogP contribution in [0.25, 0.3) is 0 Å². The Hall–Kier alpha value is -0.200. The molecule has 1 rings (SSSR count). The summed E-state index contributed by atoms with van der Waals surface area (Å²) in [6, 6.07) is 0. The smallest absolute Gasteiger partial charge is 0.186 e. The lowest BCUT2D eigenvalue weighted by molar-refractivity contribution is -0.167. The summed E-state index contributed by atoms with van der Waals surface area (Å²) < 4.78 is 28.7. The van der Waals surface area contributed by atoms with Crippen LogP contribution in [0.4, 0.5) is 0 Å². The molecule has 0 bridgehead atoms. The van der Waals surface area contributed by atoms with Gasteiger partial charge in [-0.25, -0.2) is 0 Å². The van der Waals surface area contributed by atoms with Crippen LogP contribution in [0.1, 0.15) is 52.4 Å². The molecule has 5 heteroatoms. The molecule has 0 aliphatic carbocycles. The molecule has 0 aromatic carbocycles. The summed E-state index contributed by atoms with van der Waals surface area (Å²) in [7, 11) is 3.32. The highest BCUT2D eigenvalue weighted by Crippen LogP contribution is 2.28. The molecule has 0 aromatic heterocycles. The van der Waals surface area contributed by atoms with Crippen LogP contribution in [0.2, 0.25) is 0 Å². The van der Waals surface area contributed by atoms with E-state index in [0.29, 0.717) is 6.61 Å². The van der Waals surface area contributed by atoms with Crippen molar-refractivity contribution in [3.05, 3.63) is 0 Å². The lowest BCUT2D eigenvalue weighted by Crippen LogP contribution is -2.40. The van der Waals surface area contributed by atoms with Crippen LogP contribution < -0.4 is 0 Å². The Morgan fingerprint density at radius 3 is 1.91 bits per heavy atom. The van der Waals surface area contributed by atoms with Crippen LogP contribution in [-0.4, -0.2) is 58.6 Å². The van der Waals surface area contributed by atoms with E-state index in [0.717, 1.165) is 26.1 Å². The molecule has 0 amide bonds. The molecular formula is C17H34O5. The second kappa shape index (κ2) is 12.3. The lowest BCUT2D eigenvalue weighted by atomic mass is 10.1. The summed E-state index contributed by atoms with van der Waals surface area (Å²) in [6.07, 6.45) is 6.03. The molecule has 0 radical (unpaired) electrons. The minimum atomic E-state index is -0.377. The fourth-order valence-corrected chi connectivity index (χ4v) is 2.70. The van der Waals surface area contributed by atoms with Crippen molar-refractivity contribution in [2.75, 3.05) is 34.0 Å². The van der Waals surface area contributed by atoms with Crippen LogP contribution in [0.5, 0.6) is 0 Å². The van der Waals surface area contributed by atoms with E-state index in [-0.39, 0.29) is 24.6 Å². The second-order valence-corrected chi connectivity index (χ2v) is 5.82. The van der Waals surface area contributed by atoms with E-state index in [2.05, 4.69) is 13.8 Å². The van der Waals surface area contributed by atoms with E-state index in [9.17, 15) is 0 Å². The molecule has 132 valence electrons. The molecule has 4 atom stereocenters. The molecule has 0 spiro atoms. The van der Waals surface area contributed by atoms with E-state index < -0.39 is 0 Å². The van der Waals surface area contributed by atoms with Crippen LogP contribution in [0.15, 0.2) is 0 Å². The number of ether oxygens (including phenoxy) is 5. The molecule has 1 aliphatic rings. The van der Waals surface area contributed by atoms with Crippen molar-refractivity contribution in [3.8, 4) is 0 Å². The molecule has 1 fully saturated rings. The number of hydrogen-bond acceptors (Lipinski definition) is 5. The maximum atomic E-state index is 6.06. The van der Waals surface area contributed by atoms with E-state index in [1.54, 1.807) is 14.2 Å². The monoisotopic (exact) mass is 318 g/mol. The Labute approximate surface area is 135 Å². The molecule has 0 N–H and O–H groups in total. The maximum Gasteiger partial charge on any atom is 0.186 e. The van der Waals surface area contributed by atoms with Gasteiger partial charge in [-0.2, -0.15) is 0 Å². The average Bonchev–Trinajstić information content (AvgIpc) is 2.86. The zero-order valence-corrected chi connectivity index (χ0v) is 14.7. The highest BCUT2D eigenvalue weighted by molar-refractivity contribution is 4.89. The third kappa shape index (κ3) is 6.50. The maximum absolute atomic E-state index is 6.06. The zero-order valence-electron chi connectivity index (χ0n) is 14.7. The van der Waals surface area contributed by atoms with Crippen molar-refractivity contribution in [1.82, 2.24) is 0 Å². The van der Waals surface area contributed by atoms with E-state index in [1.165, 1.54) is 25.7 Å². The second-order valence-electron chi connectivity index (χ2n) is 5.82. The van der Waals surface area contributed by atoms with Crippen molar-refractivity contribution in [2.24, 2.45) is 0 Å². The Morgan fingerprint density at radius 2 is 1.41 bits per heavy atom. The first-order valence-electron chi connectivity index (χ1n) is 8.68. The van der Waals surface area contributed by atoms with Gasteiger partial charge in [0.25, 0.3) is 0 Å². The summed E-state index contributed by atoms with van der Waals surface area (Å²) in [5.41, 5.74) is 0. The zero-order chi connectivity index (χ0) is 16.2. The first-order chi connectivity index (χ1) is 10.8. The SMILES string of the molecule is CCCCCOC1C(COC)OC(OC)C1OCCCCC. The van der Waals surface area contributed by atoms with Gasteiger partial charge in [0.1, 0.15) is 18.3 Å². The van der Waals surface area contributed by atoms with Crippen LogP contribution in [-0.2, 0) is 23.7 Å². The molecule has 0 aromatic rings. The van der Waals surface area contributed by atoms with Crippen molar-refractivity contribution >= 4 is 0 Å². The van der Waals surface area contributed by atoms with E-state index in [4.69, 9.17) is 23.7 Å². The van der Waals surface area contributed by atoms with Gasteiger partial charge < -0.3 is 23.7 Å². The van der Waals surface area contributed by atoms with Gasteiger partial charge in [0.2, 0.25) is 0 Å². The molecule has 5 nitrogen and oxygen atoms in total.